The number of nitrogens with one attached hydrogen (secondary N) is 1. The molecule has 0 radical (unpaired) electrons. The molecular weight excluding hydrogens is 356 g/mol. The highest BCUT2D eigenvalue weighted by Crippen LogP contribution is 2.20. The standard InChI is InChI=1S/C19H17F2N3OS/c20-17-7-6-16(12-18(17)21)26-13-19(25)22-10-8-14-2-4-15(5-3-14)24-11-1-9-23-24/h1-7,9,11-12H,8,10,13H2,(H,22,25). The van der Waals surface area contributed by atoms with Crippen molar-refractivity contribution in [3.63, 3.8) is 0 Å². The molecule has 4 nitrogen and oxygen atoms in total. The molecule has 0 aliphatic rings. The van der Waals surface area contributed by atoms with Crippen molar-refractivity contribution in [2.75, 3.05) is 12.3 Å². The number of carbonyl (C=O) groups excluding carboxylic acids is 1. The summed E-state index contributed by atoms with van der Waals surface area (Å²) in [6, 6.07) is 13.4. The second kappa shape index (κ2) is 8.62. The van der Waals surface area contributed by atoms with Crippen molar-refractivity contribution >= 4 is 17.7 Å². The summed E-state index contributed by atoms with van der Waals surface area (Å²) in [7, 11) is 0. The van der Waals surface area contributed by atoms with Crippen molar-refractivity contribution in [2.45, 2.75) is 11.3 Å². The molecule has 134 valence electrons. The summed E-state index contributed by atoms with van der Waals surface area (Å²) < 4.78 is 27.8. The van der Waals surface area contributed by atoms with Gasteiger partial charge in [0.1, 0.15) is 0 Å². The molecule has 1 heterocycles. The Balaban J connectivity index is 1.41. The van der Waals surface area contributed by atoms with Gasteiger partial charge in [-0.05, 0) is 48.4 Å². The highest BCUT2D eigenvalue weighted by atomic mass is 32.2. The second-order valence-corrected chi connectivity index (χ2v) is 6.63. The van der Waals surface area contributed by atoms with Gasteiger partial charge in [0, 0.05) is 23.8 Å². The largest absolute Gasteiger partial charge is 0.355 e. The maximum Gasteiger partial charge on any atom is 0.230 e. The Morgan fingerprint density at radius 2 is 1.92 bits per heavy atom. The summed E-state index contributed by atoms with van der Waals surface area (Å²) in [4.78, 5) is 12.4. The number of aromatic nitrogens is 2. The lowest BCUT2D eigenvalue weighted by atomic mass is 10.1. The van der Waals surface area contributed by atoms with Crippen molar-refractivity contribution < 1.29 is 13.6 Å². The van der Waals surface area contributed by atoms with Gasteiger partial charge in [0.25, 0.3) is 0 Å². The minimum absolute atomic E-state index is 0.145. The zero-order valence-electron chi connectivity index (χ0n) is 13.9. The third-order valence-corrected chi connectivity index (χ3v) is 4.70. The first-order valence-corrected chi connectivity index (χ1v) is 9.04. The molecule has 0 spiro atoms. The summed E-state index contributed by atoms with van der Waals surface area (Å²) in [5.41, 5.74) is 2.08. The van der Waals surface area contributed by atoms with Gasteiger partial charge in [-0.25, -0.2) is 13.5 Å². The molecule has 3 rings (SSSR count). The third-order valence-electron chi connectivity index (χ3n) is 3.70. The fourth-order valence-corrected chi connectivity index (χ4v) is 3.10. The molecule has 3 aromatic rings. The molecule has 2 aromatic carbocycles. The van der Waals surface area contributed by atoms with Crippen LogP contribution >= 0.6 is 11.8 Å². The van der Waals surface area contributed by atoms with Gasteiger partial charge in [0.15, 0.2) is 11.6 Å². The number of hydrogen-bond acceptors (Lipinski definition) is 3. The Labute approximate surface area is 154 Å². The minimum Gasteiger partial charge on any atom is -0.355 e. The van der Waals surface area contributed by atoms with Crippen molar-refractivity contribution in [3.05, 3.63) is 78.1 Å². The Morgan fingerprint density at radius 1 is 1.12 bits per heavy atom. The molecule has 7 heteroatoms. The Morgan fingerprint density at radius 3 is 2.62 bits per heavy atom. The van der Waals surface area contributed by atoms with E-state index >= 15 is 0 Å². The third kappa shape index (κ3) is 4.92. The van der Waals surface area contributed by atoms with E-state index in [0.717, 1.165) is 23.4 Å². The minimum atomic E-state index is -0.908. The molecule has 0 aliphatic heterocycles. The van der Waals surface area contributed by atoms with Crippen LogP contribution in [0.2, 0.25) is 0 Å². The zero-order valence-corrected chi connectivity index (χ0v) is 14.7. The summed E-state index contributed by atoms with van der Waals surface area (Å²) in [6.07, 6.45) is 4.31. The van der Waals surface area contributed by atoms with Crippen molar-refractivity contribution in [3.8, 4) is 5.69 Å². The van der Waals surface area contributed by atoms with Crippen LogP contribution in [-0.4, -0.2) is 28.0 Å². The summed E-state index contributed by atoms with van der Waals surface area (Å²) in [6.45, 7) is 0.512. The number of rotatable bonds is 7. The first-order chi connectivity index (χ1) is 12.6. The van der Waals surface area contributed by atoms with Gasteiger partial charge >= 0.3 is 0 Å². The van der Waals surface area contributed by atoms with Gasteiger partial charge in [0.2, 0.25) is 5.91 Å². The summed E-state index contributed by atoms with van der Waals surface area (Å²) in [5.74, 6) is -1.79. The lowest BCUT2D eigenvalue weighted by Crippen LogP contribution is -2.27. The van der Waals surface area contributed by atoms with Gasteiger partial charge in [0.05, 0.1) is 11.4 Å². The van der Waals surface area contributed by atoms with E-state index in [1.54, 1.807) is 10.9 Å². The average molecular weight is 373 g/mol. The first kappa shape index (κ1) is 18.1. The number of benzene rings is 2. The molecule has 0 unspecified atom stereocenters. The van der Waals surface area contributed by atoms with E-state index in [-0.39, 0.29) is 11.7 Å². The smallest absolute Gasteiger partial charge is 0.230 e. The Hall–Kier alpha value is -2.67. The van der Waals surface area contributed by atoms with Gasteiger partial charge in [-0.1, -0.05) is 12.1 Å². The van der Waals surface area contributed by atoms with Crippen LogP contribution in [0, 0.1) is 11.6 Å². The number of halogens is 2. The molecule has 0 aliphatic carbocycles. The van der Waals surface area contributed by atoms with Crippen LogP contribution in [0.5, 0.6) is 0 Å². The van der Waals surface area contributed by atoms with E-state index in [4.69, 9.17) is 0 Å². The predicted molar refractivity (Wildman–Crippen MR) is 97.4 cm³/mol. The van der Waals surface area contributed by atoms with Crippen molar-refractivity contribution in [1.82, 2.24) is 15.1 Å². The second-order valence-electron chi connectivity index (χ2n) is 5.58. The Kier molecular flexibility index (Phi) is 6.01. The molecule has 1 aromatic heterocycles. The van der Waals surface area contributed by atoms with E-state index in [1.807, 2.05) is 36.5 Å². The molecule has 0 atom stereocenters. The van der Waals surface area contributed by atoms with Crippen LogP contribution < -0.4 is 5.32 Å². The van der Waals surface area contributed by atoms with Crippen LogP contribution in [0.3, 0.4) is 0 Å². The SMILES string of the molecule is O=C(CSc1ccc(F)c(F)c1)NCCc1ccc(-n2cccn2)cc1. The first-order valence-electron chi connectivity index (χ1n) is 8.05. The van der Waals surface area contributed by atoms with Crippen LogP contribution in [0.1, 0.15) is 5.56 Å². The van der Waals surface area contributed by atoms with Crippen molar-refractivity contribution in [2.24, 2.45) is 0 Å². The van der Waals surface area contributed by atoms with Crippen LogP contribution in [-0.2, 0) is 11.2 Å². The molecule has 1 N–H and O–H groups in total. The summed E-state index contributed by atoms with van der Waals surface area (Å²) in [5, 5.41) is 6.99. The molecule has 0 bridgehead atoms. The van der Waals surface area contributed by atoms with Gasteiger partial charge in [-0.15, -0.1) is 11.8 Å². The van der Waals surface area contributed by atoms with E-state index in [2.05, 4.69) is 10.4 Å². The number of amides is 1. The van der Waals surface area contributed by atoms with Gasteiger partial charge < -0.3 is 5.32 Å². The predicted octanol–water partition coefficient (Wildman–Crippen LogP) is 3.60. The molecule has 1 amide bonds. The highest BCUT2D eigenvalue weighted by Gasteiger charge is 2.06. The van der Waals surface area contributed by atoms with E-state index in [9.17, 15) is 13.6 Å². The molecular formula is C19H17F2N3OS. The van der Waals surface area contributed by atoms with Crippen LogP contribution in [0.4, 0.5) is 8.78 Å². The highest BCUT2D eigenvalue weighted by molar-refractivity contribution is 8.00. The number of thioether (sulfide) groups is 1. The van der Waals surface area contributed by atoms with E-state index in [0.29, 0.717) is 17.9 Å². The van der Waals surface area contributed by atoms with Crippen molar-refractivity contribution in [1.29, 1.82) is 0 Å². The summed E-state index contributed by atoms with van der Waals surface area (Å²) >= 11 is 1.17. The number of hydrogen-bond donors (Lipinski definition) is 1. The number of carbonyl (C=O) groups is 1. The lowest BCUT2D eigenvalue weighted by molar-refractivity contribution is -0.118. The number of nitrogens with zero attached hydrogens (tertiary/aromatic N) is 2. The van der Waals surface area contributed by atoms with Crippen LogP contribution in [0.25, 0.3) is 5.69 Å². The molecule has 26 heavy (non-hydrogen) atoms. The van der Waals surface area contributed by atoms with E-state index < -0.39 is 11.6 Å². The average Bonchev–Trinajstić information content (AvgIpc) is 3.18. The zero-order chi connectivity index (χ0) is 18.4. The monoisotopic (exact) mass is 373 g/mol. The topological polar surface area (TPSA) is 46.9 Å². The van der Waals surface area contributed by atoms with Crippen LogP contribution in [0.15, 0.2) is 65.8 Å². The van der Waals surface area contributed by atoms with Gasteiger partial charge in [-0.3, -0.25) is 4.79 Å². The Bertz CT molecular complexity index is 867. The van der Waals surface area contributed by atoms with E-state index in [1.165, 1.54) is 17.8 Å². The fourth-order valence-electron chi connectivity index (χ4n) is 2.35. The maximum atomic E-state index is 13.1. The van der Waals surface area contributed by atoms with Gasteiger partial charge in [-0.2, -0.15) is 5.10 Å². The molecule has 0 saturated carbocycles. The quantitative estimate of drug-likeness (QED) is 0.644. The normalized spacial score (nSPS) is 10.7. The fraction of sp³-hybridized carbons (Fsp3) is 0.158. The molecule has 0 saturated heterocycles. The molecule has 0 fully saturated rings. The lowest BCUT2D eigenvalue weighted by Gasteiger charge is -2.07. The maximum absolute atomic E-state index is 13.1.